The molecular weight excluding hydrogens is 361 g/mol. The number of benzene rings is 2. The summed E-state index contributed by atoms with van der Waals surface area (Å²) in [5, 5.41) is 14.0. The number of halogens is 3. The van der Waals surface area contributed by atoms with E-state index < -0.39 is 0 Å². The fourth-order valence-corrected chi connectivity index (χ4v) is 2.76. The van der Waals surface area contributed by atoms with Gasteiger partial charge in [0.1, 0.15) is 5.75 Å². The normalized spacial score (nSPS) is 10.7. The van der Waals surface area contributed by atoms with E-state index in [-0.39, 0.29) is 10.8 Å². The molecule has 2 N–H and O–H groups in total. The second-order valence-electron chi connectivity index (χ2n) is 4.67. The van der Waals surface area contributed by atoms with Crippen molar-refractivity contribution < 1.29 is 5.11 Å². The quantitative estimate of drug-likeness (QED) is 0.723. The third-order valence-electron chi connectivity index (χ3n) is 3.03. The minimum absolute atomic E-state index is 0.0640. The van der Waals surface area contributed by atoms with Crippen LogP contribution in [0.25, 0.3) is 0 Å². The molecule has 0 amide bonds. The number of hydrogen-bond acceptors (Lipinski definition) is 2. The van der Waals surface area contributed by atoms with Crippen molar-refractivity contribution in [3.8, 4) is 5.75 Å². The lowest BCUT2D eigenvalue weighted by atomic mass is 10.1. The van der Waals surface area contributed by atoms with Crippen molar-refractivity contribution in [3.05, 3.63) is 55.5 Å². The second kappa shape index (κ2) is 6.25. The van der Waals surface area contributed by atoms with Crippen molar-refractivity contribution in [1.29, 1.82) is 0 Å². The smallest absolute Gasteiger partial charge is 0.139 e. The van der Waals surface area contributed by atoms with E-state index in [1.165, 1.54) is 6.07 Å². The first-order valence-corrected chi connectivity index (χ1v) is 7.61. The third kappa shape index (κ3) is 3.40. The van der Waals surface area contributed by atoms with Crippen LogP contribution in [0.5, 0.6) is 5.75 Å². The van der Waals surface area contributed by atoms with Crippen molar-refractivity contribution in [2.75, 3.05) is 5.32 Å². The molecule has 0 bridgehead atoms. The summed E-state index contributed by atoms with van der Waals surface area (Å²) in [5.41, 5.74) is 3.96. The Hall–Kier alpha value is -0.900. The Kier molecular flexibility index (Phi) is 4.84. The molecular formula is C15H14BrCl2NO. The molecule has 2 aromatic rings. The van der Waals surface area contributed by atoms with Crippen molar-refractivity contribution in [2.45, 2.75) is 20.4 Å². The monoisotopic (exact) mass is 373 g/mol. The summed E-state index contributed by atoms with van der Waals surface area (Å²) in [7, 11) is 0. The second-order valence-corrected chi connectivity index (χ2v) is 6.31. The molecule has 0 aromatic heterocycles. The van der Waals surface area contributed by atoms with Gasteiger partial charge >= 0.3 is 0 Å². The molecule has 0 radical (unpaired) electrons. The van der Waals surface area contributed by atoms with E-state index >= 15 is 0 Å². The van der Waals surface area contributed by atoms with Crippen LogP contribution in [0.4, 0.5) is 5.69 Å². The van der Waals surface area contributed by atoms with Gasteiger partial charge in [0.05, 0.1) is 5.02 Å². The van der Waals surface area contributed by atoms with Crippen LogP contribution in [0.2, 0.25) is 10.0 Å². The summed E-state index contributed by atoms with van der Waals surface area (Å²) in [6.45, 7) is 4.53. The number of phenolic OH excluding ortho intramolecular Hbond substituents is 1. The Bertz CT molecular complexity index is 636. The summed E-state index contributed by atoms with van der Waals surface area (Å²) in [6.07, 6.45) is 0. The summed E-state index contributed by atoms with van der Waals surface area (Å²) in [5.74, 6) is 0.0640. The molecule has 2 aromatic carbocycles. The van der Waals surface area contributed by atoms with Gasteiger partial charge in [0.2, 0.25) is 0 Å². The largest absolute Gasteiger partial charge is 0.506 e. The molecule has 20 heavy (non-hydrogen) atoms. The standard InChI is InChI=1S/C15H14BrCl2NO/c1-8-3-12(4-9(2)14(8)16)19-7-10-5-11(17)6-13(18)15(10)20/h3-6,19-20H,7H2,1-2H3. The molecule has 2 rings (SSSR count). The Balaban J connectivity index is 2.21. The van der Waals surface area contributed by atoms with Gasteiger partial charge in [0.15, 0.2) is 0 Å². The predicted molar refractivity (Wildman–Crippen MR) is 89.1 cm³/mol. The highest BCUT2D eigenvalue weighted by Gasteiger charge is 2.08. The van der Waals surface area contributed by atoms with Gasteiger partial charge < -0.3 is 10.4 Å². The number of nitrogens with one attached hydrogen (secondary N) is 1. The van der Waals surface area contributed by atoms with Gasteiger partial charge in [-0.2, -0.15) is 0 Å². The molecule has 0 saturated heterocycles. The Morgan fingerprint density at radius 3 is 2.30 bits per heavy atom. The number of rotatable bonds is 3. The highest BCUT2D eigenvalue weighted by molar-refractivity contribution is 9.10. The average Bonchev–Trinajstić information content (AvgIpc) is 2.38. The molecule has 0 aliphatic carbocycles. The molecule has 106 valence electrons. The number of phenols is 1. The fourth-order valence-electron chi connectivity index (χ4n) is 2.00. The predicted octanol–water partition coefficient (Wildman–Crippen LogP) is 5.69. The number of aromatic hydroxyl groups is 1. The van der Waals surface area contributed by atoms with Crippen molar-refractivity contribution in [1.82, 2.24) is 0 Å². The zero-order valence-corrected chi connectivity index (χ0v) is 14.2. The minimum Gasteiger partial charge on any atom is -0.506 e. The Morgan fingerprint density at radius 1 is 1.10 bits per heavy atom. The topological polar surface area (TPSA) is 32.3 Å². The first-order chi connectivity index (χ1) is 9.38. The third-order valence-corrected chi connectivity index (χ3v) is 4.78. The Morgan fingerprint density at radius 2 is 1.70 bits per heavy atom. The van der Waals surface area contributed by atoms with Crippen molar-refractivity contribution >= 4 is 44.8 Å². The van der Waals surface area contributed by atoms with E-state index in [0.29, 0.717) is 17.1 Å². The molecule has 0 spiro atoms. The average molecular weight is 375 g/mol. The highest BCUT2D eigenvalue weighted by atomic mass is 79.9. The molecule has 0 atom stereocenters. The molecule has 0 unspecified atom stereocenters. The molecule has 5 heteroatoms. The van der Waals surface area contributed by atoms with Crippen LogP contribution in [-0.4, -0.2) is 5.11 Å². The van der Waals surface area contributed by atoms with Crippen LogP contribution < -0.4 is 5.32 Å². The highest BCUT2D eigenvalue weighted by Crippen LogP contribution is 2.32. The van der Waals surface area contributed by atoms with Gasteiger partial charge in [-0.15, -0.1) is 0 Å². The first-order valence-electron chi connectivity index (χ1n) is 6.06. The van der Waals surface area contributed by atoms with Gasteiger partial charge in [-0.1, -0.05) is 39.1 Å². The molecule has 0 aliphatic rings. The first kappa shape index (κ1) is 15.5. The van der Waals surface area contributed by atoms with Crippen LogP contribution in [0.15, 0.2) is 28.7 Å². The minimum atomic E-state index is 0.0640. The van der Waals surface area contributed by atoms with Crippen LogP contribution in [0, 0.1) is 13.8 Å². The van der Waals surface area contributed by atoms with Crippen LogP contribution in [0.3, 0.4) is 0 Å². The van der Waals surface area contributed by atoms with Gasteiger partial charge in [-0.25, -0.2) is 0 Å². The zero-order valence-electron chi connectivity index (χ0n) is 11.1. The Labute approximate surface area is 136 Å². The van der Waals surface area contributed by atoms with Gasteiger partial charge in [-0.3, -0.25) is 0 Å². The molecule has 0 heterocycles. The van der Waals surface area contributed by atoms with E-state index in [0.717, 1.165) is 21.3 Å². The maximum Gasteiger partial charge on any atom is 0.139 e. The van der Waals surface area contributed by atoms with Crippen LogP contribution in [-0.2, 0) is 6.54 Å². The maximum absolute atomic E-state index is 9.92. The summed E-state index contributed by atoms with van der Waals surface area (Å²) >= 11 is 15.4. The van der Waals surface area contributed by atoms with Crippen molar-refractivity contribution in [3.63, 3.8) is 0 Å². The van der Waals surface area contributed by atoms with Crippen LogP contribution in [0.1, 0.15) is 16.7 Å². The van der Waals surface area contributed by atoms with Crippen molar-refractivity contribution in [2.24, 2.45) is 0 Å². The van der Waals surface area contributed by atoms with Gasteiger partial charge in [-0.05, 0) is 49.2 Å². The number of aryl methyl sites for hydroxylation is 2. The molecule has 0 fully saturated rings. The van der Waals surface area contributed by atoms with Gasteiger partial charge in [0.25, 0.3) is 0 Å². The lowest BCUT2D eigenvalue weighted by Gasteiger charge is -2.12. The summed E-state index contributed by atoms with van der Waals surface area (Å²) in [4.78, 5) is 0. The SMILES string of the molecule is Cc1cc(NCc2cc(Cl)cc(Cl)c2O)cc(C)c1Br. The van der Waals surface area contributed by atoms with Crippen LogP contribution >= 0.6 is 39.1 Å². The maximum atomic E-state index is 9.92. The van der Waals surface area contributed by atoms with E-state index in [1.54, 1.807) is 6.07 Å². The number of anilines is 1. The lowest BCUT2D eigenvalue weighted by Crippen LogP contribution is -2.01. The van der Waals surface area contributed by atoms with E-state index in [1.807, 2.05) is 26.0 Å². The number of hydrogen-bond donors (Lipinski definition) is 2. The summed E-state index contributed by atoms with van der Waals surface area (Å²) in [6, 6.07) is 7.31. The molecule has 2 nitrogen and oxygen atoms in total. The lowest BCUT2D eigenvalue weighted by molar-refractivity contribution is 0.469. The van der Waals surface area contributed by atoms with E-state index in [2.05, 4.69) is 21.2 Å². The molecule has 0 saturated carbocycles. The summed E-state index contributed by atoms with van der Waals surface area (Å²) < 4.78 is 1.11. The molecule has 0 aliphatic heterocycles. The van der Waals surface area contributed by atoms with E-state index in [9.17, 15) is 5.11 Å². The van der Waals surface area contributed by atoms with Gasteiger partial charge in [0, 0.05) is 27.3 Å². The fraction of sp³-hybridized carbons (Fsp3) is 0.200. The van der Waals surface area contributed by atoms with E-state index in [4.69, 9.17) is 23.2 Å². The zero-order chi connectivity index (χ0) is 14.9.